The van der Waals surface area contributed by atoms with Crippen LogP contribution in [0.25, 0.3) is 10.8 Å². The van der Waals surface area contributed by atoms with Crippen LogP contribution in [0.5, 0.6) is 0 Å². The van der Waals surface area contributed by atoms with Crippen LogP contribution in [-0.2, 0) is 11.2 Å². The van der Waals surface area contributed by atoms with Crippen LogP contribution in [0, 0.1) is 0 Å². The number of nitrogens with one attached hydrogen (secondary N) is 1. The number of hydrogen-bond acceptors (Lipinski definition) is 2. The average molecular weight is 393 g/mol. The van der Waals surface area contributed by atoms with Crippen LogP contribution in [0.15, 0.2) is 108 Å². The van der Waals surface area contributed by atoms with Crippen molar-refractivity contribution in [2.24, 2.45) is 5.10 Å². The van der Waals surface area contributed by atoms with Gasteiger partial charge in [0.05, 0.1) is 6.42 Å². The third kappa shape index (κ3) is 4.47. The molecule has 0 radical (unpaired) electrons. The monoisotopic (exact) mass is 392 g/mol. The standard InChI is InChI=1S/C27H24N2O/c1-20(27(22-12-4-2-5-13-22)23-14-6-3-7-15-23)28-29-26(30)19-24-17-10-16-21-11-8-9-18-25(21)24/h2-18,27H,19H2,1H3,(H,29,30)/b28-20+. The molecule has 0 atom stereocenters. The summed E-state index contributed by atoms with van der Waals surface area (Å²) in [6.45, 7) is 1.96. The number of carbonyl (C=O) groups is 1. The normalized spacial score (nSPS) is 11.6. The minimum absolute atomic E-state index is 0.00902. The topological polar surface area (TPSA) is 41.5 Å². The Morgan fingerprint density at radius 1 is 0.767 bits per heavy atom. The van der Waals surface area contributed by atoms with Gasteiger partial charge in [0.2, 0.25) is 5.91 Å². The molecule has 0 aromatic heterocycles. The Labute approximate surface area is 177 Å². The number of amides is 1. The van der Waals surface area contributed by atoms with E-state index in [1.54, 1.807) is 0 Å². The predicted molar refractivity (Wildman–Crippen MR) is 124 cm³/mol. The van der Waals surface area contributed by atoms with Crippen molar-refractivity contribution in [3.63, 3.8) is 0 Å². The summed E-state index contributed by atoms with van der Waals surface area (Å²) in [6.07, 6.45) is 0.291. The van der Waals surface area contributed by atoms with Gasteiger partial charge in [-0.25, -0.2) is 5.43 Å². The van der Waals surface area contributed by atoms with Gasteiger partial charge in [0, 0.05) is 11.6 Å². The SMILES string of the molecule is C/C(=N\NC(=O)Cc1cccc2ccccc12)C(c1ccccc1)c1ccccc1. The third-order valence-electron chi connectivity index (χ3n) is 5.27. The van der Waals surface area contributed by atoms with Crippen LogP contribution < -0.4 is 5.43 Å². The molecule has 30 heavy (non-hydrogen) atoms. The lowest BCUT2D eigenvalue weighted by molar-refractivity contribution is -0.120. The second-order valence-corrected chi connectivity index (χ2v) is 7.36. The Kier molecular flexibility index (Phi) is 6.00. The zero-order valence-corrected chi connectivity index (χ0v) is 17.0. The first kappa shape index (κ1) is 19.6. The quantitative estimate of drug-likeness (QED) is 0.332. The molecule has 3 heteroatoms. The van der Waals surface area contributed by atoms with Gasteiger partial charge in [0.1, 0.15) is 0 Å². The number of benzene rings is 4. The summed E-state index contributed by atoms with van der Waals surface area (Å²) in [5.41, 5.74) is 6.90. The average Bonchev–Trinajstić information content (AvgIpc) is 2.80. The van der Waals surface area contributed by atoms with Crippen molar-refractivity contribution in [1.29, 1.82) is 0 Å². The molecule has 0 heterocycles. The summed E-state index contributed by atoms with van der Waals surface area (Å²) in [6, 6.07) is 34.6. The maximum absolute atomic E-state index is 12.6. The maximum Gasteiger partial charge on any atom is 0.244 e. The van der Waals surface area contributed by atoms with E-state index in [2.05, 4.69) is 46.9 Å². The number of hydrazone groups is 1. The first-order chi connectivity index (χ1) is 14.7. The van der Waals surface area contributed by atoms with Gasteiger partial charge in [-0.3, -0.25) is 4.79 Å². The molecule has 1 N–H and O–H groups in total. The van der Waals surface area contributed by atoms with Crippen molar-refractivity contribution in [3.8, 4) is 0 Å². The highest BCUT2D eigenvalue weighted by atomic mass is 16.2. The summed E-state index contributed by atoms with van der Waals surface area (Å²) in [5, 5.41) is 6.70. The minimum atomic E-state index is -0.120. The predicted octanol–water partition coefficient (Wildman–Crippen LogP) is 5.71. The molecule has 0 saturated carbocycles. The zero-order valence-electron chi connectivity index (χ0n) is 17.0. The number of nitrogens with zero attached hydrogens (tertiary/aromatic N) is 1. The number of fused-ring (bicyclic) bond motifs is 1. The Hall–Kier alpha value is -3.72. The first-order valence-corrected chi connectivity index (χ1v) is 10.1. The van der Waals surface area contributed by atoms with E-state index in [0.717, 1.165) is 33.2 Å². The van der Waals surface area contributed by atoms with Crippen LogP contribution in [0.3, 0.4) is 0 Å². The highest BCUT2D eigenvalue weighted by Crippen LogP contribution is 2.26. The Morgan fingerprint density at radius 3 is 2.00 bits per heavy atom. The van der Waals surface area contributed by atoms with E-state index >= 15 is 0 Å². The lowest BCUT2D eigenvalue weighted by atomic mass is 9.88. The fourth-order valence-electron chi connectivity index (χ4n) is 3.84. The highest BCUT2D eigenvalue weighted by molar-refractivity contribution is 5.94. The molecular weight excluding hydrogens is 368 g/mol. The number of carbonyl (C=O) groups excluding carboxylic acids is 1. The van der Waals surface area contributed by atoms with Crippen molar-refractivity contribution in [1.82, 2.24) is 5.43 Å². The second kappa shape index (κ2) is 9.19. The Morgan fingerprint density at radius 2 is 1.33 bits per heavy atom. The van der Waals surface area contributed by atoms with Crippen molar-refractivity contribution < 1.29 is 4.79 Å². The lowest BCUT2D eigenvalue weighted by Gasteiger charge is -2.18. The molecule has 1 amide bonds. The van der Waals surface area contributed by atoms with Crippen LogP contribution in [0.1, 0.15) is 29.5 Å². The molecule has 0 aliphatic carbocycles. The van der Waals surface area contributed by atoms with E-state index in [4.69, 9.17) is 0 Å². The van der Waals surface area contributed by atoms with E-state index in [-0.39, 0.29) is 11.8 Å². The molecule has 4 rings (SSSR count). The lowest BCUT2D eigenvalue weighted by Crippen LogP contribution is -2.23. The molecule has 4 aromatic rings. The fraction of sp³-hybridized carbons (Fsp3) is 0.111. The van der Waals surface area contributed by atoms with Gasteiger partial charge in [0.15, 0.2) is 0 Å². The summed E-state index contributed by atoms with van der Waals surface area (Å²) in [4.78, 5) is 12.6. The van der Waals surface area contributed by atoms with Gasteiger partial charge in [0.25, 0.3) is 0 Å². The van der Waals surface area contributed by atoms with Gasteiger partial charge in [-0.1, -0.05) is 103 Å². The minimum Gasteiger partial charge on any atom is -0.273 e. The highest BCUT2D eigenvalue weighted by Gasteiger charge is 2.17. The van der Waals surface area contributed by atoms with Crippen LogP contribution in [0.2, 0.25) is 0 Å². The molecule has 0 bridgehead atoms. The summed E-state index contributed by atoms with van der Waals surface area (Å²) >= 11 is 0. The van der Waals surface area contributed by atoms with E-state index < -0.39 is 0 Å². The van der Waals surface area contributed by atoms with Gasteiger partial charge in [-0.15, -0.1) is 0 Å². The molecule has 148 valence electrons. The van der Waals surface area contributed by atoms with Gasteiger partial charge in [-0.05, 0) is 34.4 Å². The Balaban J connectivity index is 1.54. The molecule has 0 saturated heterocycles. The molecule has 0 spiro atoms. The zero-order chi connectivity index (χ0) is 20.8. The van der Waals surface area contributed by atoms with Gasteiger partial charge >= 0.3 is 0 Å². The maximum atomic E-state index is 12.6. The van der Waals surface area contributed by atoms with Crippen LogP contribution in [-0.4, -0.2) is 11.6 Å². The second-order valence-electron chi connectivity index (χ2n) is 7.36. The summed E-state index contributed by atoms with van der Waals surface area (Å²) < 4.78 is 0. The molecular formula is C27H24N2O. The van der Waals surface area contributed by atoms with Crippen molar-refractivity contribution in [2.75, 3.05) is 0 Å². The Bertz CT molecular complexity index is 1120. The van der Waals surface area contributed by atoms with Gasteiger partial charge in [-0.2, -0.15) is 5.10 Å². The third-order valence-corrected chi connectivity index (χ3v) is 5.27. The number of hydrogen-bond donors (Lipinski definition) is 1. The molecule has 3 nitrogen and oxygen atoms in total. The number of rotatable bonds is 6. The van der Waals surface area contributed by atoms with Crippen LogP contribution in [0.4, 0.5) is 0 Å². The van der Waals surface area contributed by atoms with E-state index in [9.17, 15) is 4.79 Å². The largest absolute Gasteiger partial charge is 0.273 e. The summed E-state index contributed by atoms with van der Waals surface area (Å²) in [7, 11) is 0. The molecule has 0 aliphatic heterocycles. The van der Waals surface area contributed by atoms with E-state index in [0.29, 0.717) is 6.42 Å². The summed E-state index contributed by atoms with van der Waals surface area (Å²) in [5.74, 6) is -0.129. The van der Waals surface area contributed by atoms with E-state index in [1.165, 1.54) is 0 Å². The first-order valence-electron chi connectivity index (χ1n) is 10.1. The smallest absolute Gasteiger partial charge is 0.244 e. The molecule has 0 unspecified atom stereocenters. The fourth-order valence-corrected chi connectivity index (χ4v) is 3.84. The van der Waals surface area contributed by atoms with E-state index in [1.807, 2.05) is 73.7 Å². The molecule has 0 fully saturated rings. The molecule has 0 aliphatic rings. The van der Waals surface area contributed by atoms with Crippen molar-refractivity contribution in [3.05, 3.63) is 120 Å². The van der Waals surface area contributed by atoms with Gasteiger partial charge < -0.3 is 0 Å². The molecule has 4 aromatic carbocycles. The van der Waals surface area contributed by atoms with Crippen molar-refractivity contribution >= 4 is 22.4 Å². The van der Waals surface area contributed by atoms with Crippen molar-refractivity contribution in [2.45, 2.75) is 19.3 Å². The van der Waals surface area contributed by atoms with Crippen LogP contribution >= 0.6 is 0 Å².